The van der Waals surface area contributed by atoms with Crippen molar-refractivity contribution in [1.29, 1.82) is 0 Å². The van der Waals surface area contributed by atoms with Crippen LogP contribution in [0.15, 0.2) is 97.1 Å². The molecular weight excluding hydrogens is 1200 g/mol. The number of amides is 7. The second-order valence-electron chi connectivity index (χ2n) is 24.5. The van der Waals surface area contributed by atoms with Gasteiger partial charge in [-0.25, -0.2) is 0 Å². The van der Waals surface area contributed by atoms with E-state index in [0.29, 0.717) is 15.8 Å². The number of carbonyl (C=O) groups is 7. The number of fused-ring (bicyclic) bond motifs is 2. The molecule has 0 aromatic heterocycles. The summed E-state index contributed by atoms with van der Waals surface area (Å²) in [6.07, 6.45) is -20.9. The maximum atomic E-state index is 14.8. The van der Waals surface area contributed by atoms with E-state index in [9.17, 15) is 87.6 Å². The Morgan fingerprint density at radius 1 is 0.659 bits per heavy atom. The number of aliphatic hydroxyl groups is 7. The fourth-order valence-corrected chi connectivity index (χ4v) is 10.9. The lowest BCUT2D eigenvalue weighted by Crippen LogP contribution is -2.64. The summed E-state index contributed by atoms with van der Waals surface area (Å²) in [6, 6.07) is 13.7. The van der Waals surface area contributed by atoms with E-state index in [1.165, 1.54) is 31.2 Å². The molecule has 3 heterocycles. The van der Waals surface area contributed by atoms with E-state index >= 15 is 0 Å². The number of unbranched alkanes of at least 4 members (excludes halogenated alkanes) is 1. The quantitative estimate of drug-likeness (QED) is 0.0472. The Bertz CT molecular complexity index is 3150. The van der Waals surface area contributed by atoms with Gasteiger partial charge in [0.2, 0.25) is 35.4 Å². The number of rotatable bonds is 18. The molecule has 3 fully saturated rings. The van der Waals surface area contributed by atoms with E-state index in [-0.39, 0.29) is 56.0 Å². The first-order valence-electron chi connectivity index (χ1n) is 29.9. The number of nitrogens with zero attached hydrogens (tertiary/aromatic N) is 3. The van der Waals surface area contributed by atoms with Crippen molar-refractivity contribution in [3.05, 3.63) is 108 Å². The van der Waals surface area contributed by atoms with E-state index in [1.54, 1.807) is 24.3 Å². The minimum atomic E-state index is -4.22. The number of nitrogens with one attached hydrogen (secondary N) is 5. The number of hydrogen-bond acceptors (Lipinski definition) is 17. The topological polar surface area (TPSA) is 366 Å². The molecule has 0 aliphatic carbocycles. The lowest BCUT2D eigenvalue weighted by Gasteiger charge is -2.34. The van der Waals surface area contributed by atoms with E-state index in [1.807, 2.05) is 57.5 Å². The number of phenols is 1. The van der Waals surface area contributed by atoms with Crippen molar-refractivity contribution < 1.29 is 102 Å². The van der Waals surface area contributed by atoms with Gasteiger partial charge in [-0.3, -0.25) is 33.6 Å². The van der Waals surface area contributed by atoms with Crippen LogP contribution >= 0.6 is 0 Å². The lowest BCUT2D eigenvalue weighted by molar-refractivity contribution is -0.870. The van der Waals surface area contributed by atoms with Crippen LogP contribution in [0.5, 0.6) is 11.5 Å². The molecule has 3 aliphatic rings. The third-order valence-electron chi connectivity index (χ3n) is 16.2. The summed E-state index contributed by atoms with van der Waals surface area (Å²) in [6.45, 7) is 3.00. The molecule has 4 aromatic rings. The number of quaternary nitrogens is 1. The molecule has 25 nitrogen and oxygen atoms in total. The third kappa shape index (κ3) is 18.7. The van der Waals surface area contributed by atoms with Crippen molar-refractivity contribution in [1.82, 2.24) is 36.4 Å². The zero-order chi connectivity index (χ0) is 66.8. The highest BCUT2D eigenvalue weighted by molar-refractivity contribution is 6.00. The van der Waals surface area contributed by atoms with Gasteiger partial charge >= 0.3 is 6.18 Å². The van der Waals surface area contributed by atoms with Gasteiger partial charge in [0.25, 0.3) is 5.91 Å². The molecule has 0 spiro atoms. The number of ether oxygens (including phenoxy) is 2. The van der Waals surface area contributed by atoms with Crippen LogP contribution < -0.4 is 31.3 Å². The number of alkyl halides is 3. The van der Waals surface area contributed by atoms with Gasteiger partial charge in [-0.15, -0.1) is 0 Å². The first-order valence-corrected chi connectivity index (χ1v) is 29.9. The normalized spacial score (nSPS) is 26.4. The van der Waals surface area contributed by atoms with Crippen LogP contribution in [0.1, 0.15) is 74.9 Å². The summed E-state index contributed by atoms with van der Waals surface area (Å²) in [7, 11) is 5.47. The highest BCUT2D eigenvalue weighted by Gasteiger charge is 2.50. The minimum absolute atomic E-state index is 0.00336. The van der Waals surface area contributed by atoms with Crippen molar-refractivity contribution >= 4 is 41.4 Å². The maximum Gasteiger partial charge on any atom is 0.389 e. The zero-order valence-corrected chi connectivity index (χ0v) is 51.2. The fourth-order valence-electron chi connectivity index (χ4n) is 10.9. The number of halogens is 3. The average molecular weight is 1280 g/mol. The molecule has 3 saturated heterocycles. The van der Waals surface area contributed by atoms with Gasteiger partial charge in [-0.2, -0.15) is 13.2 Å². The molecule has 13 N–H and O–H groups in total. The second kappa shape index (κ2) is 30.5. The van der Waals surface area contributed by atoms with Gasteiger partial charge in [0.05, 0.1) is 58.8 Å². The molecule has 0 bridgehead atoms. The van der Waals surface area contributed by atoms with Crippen LogP contribution in [-0.2, 0) is 33.5 Å². The molecule has 28 heteroatoms. The molecule has 7 rings (SSSR count). The third-order valence-corrected chi connectivity index (χ3v) is 16.2. The van der Waals surface area contributed by atoms with Crippen LogP contribution in [0.25, 0.3) is 22.3 Å². The summed E-state index contributed by atoms with van der Waals surface area (Å²) < 4.78 is 49.5. The number of aliphatic hydroxyl groups excluding tert-OH is 7. The number of aromatic hydroxyl groups is 1. The van der Waals surface area contributed by atoms with Gasteiger partial charge in [-0.05, 0) is 90.9 Å². The summed E-state index contributed by atoms with van der Waals surface area (Å²) in [5.41, 5.74) is 2.98. The van der Waals surface area contributed by atoms with Crippen LogP contribution in [-0.4, -0.2) is 236 Å². The first kappa shape index (κ1) is 70.7. The number of benzene rings is 4. The minimum Gasteiger partial charge on any atom is -0.508 e. The largest absolute Gasteiger partial charge is 0.508 e. The Morgan fingerprint density at radius 3 is 1.74 bits per heavy atom. The van der Waals surface area contributed by atoms with Crippen molar-refractivity contribution in [2.24, 2.45) is 5.92 Å². The Balaban J connectivity index is 1.21. The fraction of sp³-hybridized carbons (Fsp3) is 0.508. The van der Waals surface area contributed by atoms with Crippen molar-refractivity contribution in [3.8, 4) is 33.8 Å². The number of phenolic OH excluding ortho intramolecular Hbond substituents is 1. The number of likely N-dealkylation sites (N-methyl/N-ethyl adjacent to an activating group) is 1. The molecule has 0 radical (unpaired) electrons. The van der Waals surface area contributed by atoms with E-state index in [4.69, 9.17) is 9.47 Å². The molecular formula is C63H82F3N8O17+. The molecule has 1 unspecified atom stereocenters. The SMILES string of the molecule is C[C@@H](O)[C@@H]1NC(=O)[C@H]([C@H](O)C(O)c2ccc(O)cc2)NC(=O)[C@@H]2C[C@@H](O)CN2C(=O)[C@H]([C@@H](C)O)NC(=O)[C@@H](NC(=O)c2ccc(-c3ccc(-c4ccc(OCCCCC(F)(F)F)cc4)cc3)cc2)C[C@@H](O)[C@@H](OCC[N+](C)(C)C)NC(=O)[C@@H]2[C@@H](O)[C@@H](C)CN2C1=O. The van der Waals surface area contributed by atoms with Crippen LogP contribution in [0.2, 0.25) is 0 Å². The van der Waals surface area contributed by atoms with Crippen LogP contribution in [0.4, 0.5) is 13.2 Å². The van der Waals surface area contributed by atoms with E-state index < -0.39 is 164 Å². The predicted octanol–water partition coefficient (Wildman–Crippen LogP) is 0.346. The van der Waals surface area contributed by atoms with Crippen LogP contribution in [0.3, 0.4) is 0 Å². The standard InChI is InChI=1S/C63H81F3N8O17/c1-33-31-73-51(52(33)80)59(87)71-60(91-28-26-74(4,5)6)47(79)30-45(67-55(83)41-15-13-38(14-16-41)36-9-11-37(12-10-36)39-19-23-44(24-20-39)90-27-8-7-25-63(64,65)66)56(84)68-48(34(2)75)61(88)72-32-43(78)29-46(72)57(85)70-50(58(86)69-49(35(3)76)62(73)89)54(82)53(81)40-17-21-42(77)22-18-40/h9-24,33-35,43,45-54,60,75-76,78-82H,7-8,25-32H2,1-6H3,(H5-,67,68,69,70,71,77,83,84,85,86,87)/p+1/t33-,34+,35+,43+,45-,46-,47+,48-,49-,50-,51-,52-,53?,54-,60+/m0/s1. The van der Waals surface area contributed by atoms with Gasteiger partial charge in [-0.1, -0.05) is 67.6 Å². The highest BCUT2D eigenvalue weighted by Crippen LogP contribution is 2.31. The van der Waals surface area contributed by atoms with Crippen molar-refractivity contribution in [2.45, 2.75) is 144 Å². The predicted molar refractivity (Wildman–Crippen MR) is 320 cm³/mol. The molecule has 496 valence electrons. The van der Waals surface area contributed by atoms with Gasteiger partial charge < -0.3 is 91.2 Å². The van der Waals surface area contributed by atoms with Crippen molar-refractivity contribution in [2.75, 3.05) is 54.0 Å². The Hall–Kier alpha value is -7.80. The molecule has 91 heavy (non-hydrogen) atoms. The van der Waals surface area contributed by atoms with Gasteiger partial charge in [0.15, 0.2) is 6.23 Å². The summed E-state index contributed by atoms with van der Waals surface area (Å²) >= 11 is 0. The van der Waals surface area contributed by atoms with Gasteiger partial charge in [0, 0.05) is 43.8 Å². The maximum absolute atomic E-state index is 14.8. The summed E-state index contributed by atoms with van der Waals surface area (Å²) in [5.74, 6) is -8.75. The summed E-state index contributed by atoms with van der Waals surface area (Å²) in [5, 5.41) is 102. The lowest BCUT2D eigenvalue weighted by atomic mass is 9.96. The number of hydrogen-bond donors (Lipinski definition) is 13. The van der Waals surface area contributed by atoms with E-state index in [0.717, 1.165) is 52.5 Å². The smallest absolute Gasteiger partial charge is 0.389 e. The van der Waals surface area contributed by atoms with Crippen LogP contribution in [0, 0.1) is 5.92 Å². The number of carbonyl (C=O) groups excluding carboxylic acids is 7. The average Bonchev–Trinajstić information content (AvgIpc) is 1.75. The molecule has 0 saturated carbocycles. The Labute approximate surface area is 523 Å². The molecule has 4 aromatic carbocycles. The zero-order valence-electron chi connectivity index (χ0n) is 51.2. The first-order chi connectivity index (χ1) is 42.8. The molecule has 3 aliphatic heterocycles. The summed E-state index contributed by atoms with van der Waals surface area (Å²) in [4.78, 5) is 104. The Morgan fingerprint density at radius 2 is 1.19 bits per heavy atom. The Kier molecular flexibility index (Phi) is 23.7. The molecule has 15 atom stereocenters. The van der Waals surface area contributed by atoms with Gasteiger partial charge in [0.1, 0.15) is 72.6 Å². The molecule has 7 amide bonds. The highest BCUT2D eigenvalue weighted by atomic mass is 19.4. The van der Waals surface area contributed by atoms with E-state index in [2.05, 4.69) is 26.6 Å². The monoisotopic (exact) mass is 1280 g/mol. The second-order valence-corrected chi connectivity index (χ2v) is 24.5. The van der Waals surface area contributed by atoms with Crippen molar-refractivity contribution in [3.63, 3.8) is 0 Å².